The Morgan fingerprint density at radius 1 is 1.35 bits per heavy atom. The highest BCUT2D eigenvalue weighted by Gasteiger charge is 2.26. The van der Waals surface area contributed by atoms with E-state index in [1.807, 2.05) is 18.5 Å². The van der Waals surface area contributed by atoms with Crippen molar-refractivity contribution in [2.45, 2.75) is 52.1 Å². The first-order valence-electron chi connectivity index (χ1n) is 6.82. The predicted octanol–water partition coefficient (Wildman–Crippen LogP) is 3.56. The summed E-state index contributed by atoms with van der Waals surface area (Å²) in [5.74, 6) is 1.69. The summed E-state index contributed by atoms with van der Waals surface area (Å²) in [5.41, 5.74) is 1.29. The minimum absolute atomic E-state index is 0.407. The molecule has 4 atom stereocenters. The van der Waals surface area contributed by atoms with E-state index in [9.17, 15) is 0 Å². The van der Waals surface area contributed by atoms with Crippen molar-refractivity contribution in [3.8, 4) is 0 Å². The van der Waals surface area contributed by atoms with Gasteiger partial charge in [-0.2, -0.15) is 0 Å². The van der Waals surface area contributed by atoms with Crippen LogP contribution in [0.25, 0.3) is 0 Å². The Bertz CT molecular complexity index is 336. The lowest BCUT2D eigenvalue weighted by Gasteiger charge is -2.35. The Balaban J connectivity index is 1.93. The van der Waals surface area contributed by atoms with E-state index in [0.29, 0.717) is 12.1 Å². The average molecular weight is 232 g/mol. The third kappa shape index (κ3) is 3.29. The fourth-order valence-corrected chi connectivity index (χ4v) is 2.96. The Kier molecular flexibility index (Phi) is 4.16. The van der Waals surface area contributed by atoms with Crippen LogP contribution >= 0.6 is 0 Å². The molecule has 1 aliphatic carbocycles. The van der Waals surface area contributed by atoms with Gasteiger partial charge in [0.25, 0.3) is 0 Å². The zero-order valence-electron chi connectivity index (χ0n) is 11.2. The molecule has 3 unspecified atom stereocenters. The number of aromatic nitrogens is 1. The van der Waals surface area contributed by atoms with Crippen LogP contribution in [-0.4, -0.2) is 11.0 Å². The molecule has 1 aromatic heterocycles. The van der Waals surface area contributed by atoms with Crippen LogP contribution in [0.4, 0.5) is 0 Å². The van der Waals surface area contributed by atoms with E-state index in [2.05, 4.69) is 37.1 Å². The fraction of sp³-hybridized carbons (Fsp3) is 0.667. The monoisotopic (exact) mass is 232 g/mol. The second-order valence-corrected chi connectivity index (χ2v) is 5.68. The van der Waals surface area contributed by atoms with Crippen LogP contribution in [0.2, 0.25) is 0 Å². The first-order chi connectivity index (χ1) is 8.16. The maximum absolute atomic E-state index is 4.19. The molecule has 94 valence electrons. The van der Waals surface area contributed by atoms with Gasteiger partial charge in [-0.3, -0.25) is 4.98 Å². The standard InChI is InChI=1S/C15H24N2/c1-11-6-7-15(12(2)9-11)17-13(3)14-5-4-8-16-10-14/h4-5,8,10-13,15,17H,6-7,9H2,1-3H3/t11?,12?,13-,15?/m1/s1. The fourth-order valence-electron chi connectivity index (χ4n) is 2.96. The molecule has 1 heterocycles. The molecule has 1 fully saturated rings. The number of hydrogen-bond acceptors (Lipinski definition) is 2. The molecular formula is C15H24N2. The van der Waals surface area contributed by atoms with Crippen LogP contribution in [0.1, 0.15) is 51.6 Å². The molecule has 2 nitrogen and oxygen atoms in total. The summed E-state index contributed by atoms with van der Waals surface area (Å²) >= 11 is 0. The van der Waals surface area contributed by atoms with Gasteiger partial charge in [0.2, 0.25) is 0 Å². The van der Waals surface area contributed by atoms with Crippen molar-refractivity contribution < 1.29 is 0 Å². The molecule has 1 aromatic rings. The molecule has 2 heteroatoms. The van der Waals surface area contributed by atoms with Crippen LogP contribution in [0.3, 0.4) is 0 Å². The molecule has 0 spiro atoms. The van der Waals surface area contributed by atoms with Gasteiger partial charge in [0, 0.05) is 24.5 Å². The van der Waals surface area contributed by atoms with Crippen LogP contribution < -0.4 is 5.32 Å². The van der Waals surface area contributed by atoms with E-state index in [0.717, 1.165) is 11.8 Å². The molecule has 1 aliphatic rings. The molecule has 1 N–H and O–H groups in total. The lowest BCUT2D eigenvalue weighted by atomic mass is 9.79. The van der Waals surface area contributed by atoms with E-state index in [4.69, 9.17) is 0 Å². The SMILES string of the molecule is CC1CCC(N[C@H](C)c2cccnc2)C(C)C1. The first-order valence-corrected chi connectivity index (χ1v) is 6.82. The predicted molar refractivity (Wildman–Crippen MR) is 71.8 cm³/mol. The Morgan fingerprint density at radius 3 is 2.82 bits per heavy atom. The summed E-state index contributed by atoms with van der Waals surface area (Å²) in [6.07, 6.45) is 7.83. The smallest absolute Gasteiger partial charge is 0.0315 e. The average Bonchev–Trinajstić information content (AvgIpc) is 2.34. The van der Waals surface area contributed by atoms with Crippen molar-refractivity contribution in [1.29, 1.82) is 0 Å². The molecule has 2 rings (SSSR count). The lowest BCUT2D eigenvalue weighted by Crippen LogP contribution is -2.40. The van der Waals surface area contributed by atoms with E-state index < -0.39 is 0 Å². The summed E-state index contributed by atoms with van der Waals surface area (Å²) in [4.78, 5) is 4.19. The second-order valence-electron chi connectivity index (χ2n) is 5.68. The molecule has 17 heavy (non-hydrogen) atoms. The minimum Gasteiger partial charge on any atom is -0.307 e. The summed E-state index contributed by atoms with van der Waals surface area (Å²) in [5, 5.41) is 3.77. The van der Waals surface area contributed by atoms with Crippen molar-refractivity contribution >= 4 is 0 Å². The van der Waals surface area contributed by atoms with E-state index >= 15 is 0 Å². The van der Waals surface area contributed by atoms with E-state index in [1.165, 1.54) is 24.8 Å². The summed E-state index contributed by atoms with van der Waals surface area (Å²) < 4.78 is 0. The van der Waals surface area contributed by atoms with Crippen molar-refractivity contribution in [3.63, 3.8) is 0 Å². The van der Waals surface area contributed by atoms with Crippen molar-refractivity contribution in [2.75, 3.05) is 0 Å². The Morgan fingerprint density at radius 2 is 2.18 bits per heavy atom. The van der Waals surface area contributed by atoms with Gasteiger partial charge in [-0.25, -0.2) is 0 Å². The first kappa shape index (κ1) is 12.6. The van der Waals surface area contributed by atoms with Gasteiger partial charge in [0.1, 0.15) is 0 Å². The van der Waals surface area contributed by atoms with Crippen LogP contribution in [-0.2, 0) is 0 Å². The maximum Gasteiger partial charge on any atom is 0.0315 e. The zero-order valence-corrected chi connectivity index (χ0v) is 11.2. The van der Waals surface area contributed by atoms with Crippen LogP contribution in [0, 0.1) is 11.8 Å². The third-order valence-electron chi connectivity index (χ3n) is 4.08. The summed E-state index contributed by atoms with van der Waals surface area (Å²) in [6.45, 7) is 6.99. The van der Waals surface area contributed by atoms with Gasteiger partial charge in [-0.1, -0.05) is 19.9 Å². The molecular weight excluding hydrogens is 208 g/mol. The second kappa shape index (κ2) is 5.63. The summed E-state index contributed by atoms with van der Waals surface area (Å²) in [6, 6.07) is 5.24. The molecule has 0 aromatic carbocycles. The van der Waals surface area contributed by atoms with Gasteiger partial charge in [0.05, 0.1) is 0 Å². The number of rotatable bonds is 3. The topological polar surface area (TPSA) is 24.9 Å². The number of hydrogen-bond donors (Lipinski definition) is 1. The largest absolute Gasteiger partial charge is 0.307 e. The Hall–Kier alpha value is -0.890. The van der Waals surface area contributed by atoms with Crippen molar-refractivity contribution in [1.82, 2.24) is 10.3 Å². The van der Waals surface area contributed by atoms with Gasteiger partial charge in [0.15, 0.2) is 0 Å². The maximum atomic E-state index is 4.19. The highest BCUT2D eigenvalue weighted by molar-refractivity contribution is 5.13. The molecule has 0 amide bonds. The highest BCUT2D eigenvalue weighted by atomic mass is 15.0. The zero-order chi connectivity index (χ0) is 12.3. The van der Waals surface area contributed by atoms with Crippen molar-refractivity contribution in [2.24, 2.45) is 11.8 Å². The highest BCUT2D eigenvalue weighted by Crippen LogP contribution is 2.30. The van der Waals surface area contributed by atoms with Gasteiger partial charge in [-0.05, 0) is 49.7 Å². The van der Waals surface area contributed by atoms with Crippen molar-refractivity contribution in [3.05, 3.63) is 30.1 Å². The number of nitrogens with one attached hydrogen (secondary N) is 1. The number of nitrogens with zero attached hydrogens (tertiary/aromatic N) is 1. The van der Waals surface area contributed by atoms with E-state index in [-0.39, 0.29) is 0 Å². The van der Waals surface area contributed by atoms with Crippen LogP contribution in [0.5, 0.6) is 0 Å². The Labute approximate surface area is 105 Å². The molecule has 1 saturated carbocycles. The normalized spacial score (nSPS) is 31.1. The van der Waals surface area contributed by atoms with E-state index in [1.54, 1.807) is 0 Å². The third-order valence-corrected chi connectivity index (χ3v) is 4.08. The quantitative estimate of drug-likeness (QED) is 0.862. The molecule has 0 radical (unpaired) electrons. The lowest BCUT2D eigenvalue weighted by molar-refractivity contribution is 0.216. The van der Waals surface area contributed by atoms with Gasteiger partial charge >= 0.3 is 0 Å². The van der Waals surface area contributed by atoms with Gasteiger partial charge < -0.3 is 5.32 Å². The van der Waals surface area contributed by atoms with Crippen LogP contribution in [0.15, 0.2) is 24.5 Å². The molecule has 0 bridgehead atoms. The molecule has 0 saturated heterocycles. The van der Waals surface area contributed by atoms with Gasteiger partial charge in [-0.15, -0.1) is 0 Å². The summed E-state index contributed by atoms with van der Waals surface area (Å²) in [7, 11) is 0. The minimum atomic E-state index is 0.407. The molecule has 0 aliphatic heterocycles. The number of pyridine rings is 1.